The molecular weight excluding hydrogens is 314 g/mol. The fourth-order valence-corrected chi connectivity index (χ4v) is 3.96. The molecule has 0 unspecified atom stereocenters. The molecule has 1 amide bonds. The van der Waals surface area contributed by atoms with E-state index in [0.717, 1.165) is 62.7 Å². The number of hydrogen-bond donors (Lipinski definition) is 1. The highest BCUT2D eigenvalue weighted by Crippen LogP contribution is 2.22. The van der Waals surface area contributed by atoms with Crippen LogP contribution in [-0.2, 0) is 17.8 Å². The van der Waals surface area contributed by atoms with Gasteiger partial charge in [-0.1, -0.05) is 6.07 Å². The van der Waals surface area contributed by atoms with Crippen LogP contribution >= 0.6 is 0 Å². The molecule has 2 aromatic heterocycles. The molecule has 132 valence electrons. The summed E-state index contributed by atoms with van der Waals surface area (Å²) in [7, 11) is 0. The van der Waals surface area contributed by atoms with E-state index >= 15 is 0 Å². The van der Waals surface area contributed by atoms with Crippen LogP contribution < -0.4 is 10.2 Å². The summed E-state index contributed by atoms with van der Waals surface area (Å²) in [5, 5.41) is 3.28. The molecule has 0 aromatic carbocycles. The van der Waals surface area contributed by atoms with Gasteiger partial charge in [0.05, 0.1) is 11.6 Å². The number of imidazole rings is 1. The third-order valence-corrected chi connectivity index (χ3v) is 5.22. The van der Waals surface area contributed by atoms with Gasteiger partial charge in [0.2, 0.25) is 5.91 Å². The fraction of sp³-hybridized carbons (Fsp3) is 0.526. The number of piperidine rings is 1. The molecule has 0 aliphatic carbocycles. The Morgan fingerprint density at radius 3 is 3.04 bits per heavy atom. The molecule has 2 aliphatic rings. The lowest BCUT2D eigenvalue weighted by atomic mass is 9.96. The molecule has 1 N–H and O–H groups in total. The van der Waals surface area contributed by atoms with E-state index in [1.165, 1.54) is 0 Å². The molecule has 6 nitrogen and oxygen atoms in total. The first-order chi connectivity index (χ1) is 12.2. The number of pyridine rings is 1. The minimum absolute atomic E-state index is 0.0432. The predicted molar refractivity (Wildman–Crippen MR) is 96.4 cm³/mol. The summed E-state index contributed by atoms with van der Waals surface area (Å²) in [6.07, 6.45) is 7.78. The van der Waals surface area contributed by atoms with Crippen molar-refractivity contribution < 1.29 is 4.79 Å². The second-order valence-corrected chi connectivity index (χ2v) is 7.17. The van der Waals surface area contributed by atoms with E-state index in [-0.39, 0.29) is 17.9 Å². The smallest absolute Gasteiger partial charge is 0.225 e. The first kappa shape index (κ1) is 16.1. The van der Waals surface area contributed by atoms with Gasteiger partial charge in [0.15, 0.2) is 0 Å². The predicted octanol–water partition coefficient (Wildman–Crippen LogP) is 1.93. The molecular formula is C19H25N5O. The number of carbonyl (C=O) groups is 1. The molecule has 0 spiro atoms. The Labute approximate surface area is 148 Å². The van der Waals surface area contributed by atoms with Crippen molar-refractivity contribution in [3.63, 3.8) is 0 Å². The lowest BCUT2D eigenvalue weighted by molar-refractivity contribution is -0.126. The summed E-state index contributed by atoms with van der Waals surface area (Å²) < 4.78 is 2.19. The maximum Gasteiger partial charge on any atom is 0.225 e. The summed E-state index contributed by atoms with van der Waals surface area (Å²) in [5.41, 5.74) is 1.06. The number of rotatable bonds is 3. The van der Waals surface area contributed by atoms with Gasteiger partial charge in [-0.2, -0.15) is 0 Å². The number of anilines is 1. The van der Waals surface area contributed by atoms with Crippen LogP contribution in [0.25, 0.3) is 0 Å². The van der Waals surface area contributed by atoms with Gasteiger partial charge in [0.25, 0.3) is 0 Å². The van der Waals surface area contributed by atoms with Crippen LogP contribution in [0.4, 0.5) is 5.82 Å². The van der Waals surface area contributed by atoms with E-state index < -0.39 is 0 Å². The van der Waals surface area contributed by atoms with Crippen molar-refractivity contribution in [1.29, 1.82) is 0 Å². The quantitative estimate of drug-likeness (QED) is 0.928. The van der Waals surface area contributed by atoms with Gasteiger partial charge in [-0.3, -0.25) is 4.79 Å². The summed E-state index contributed by atoms with van der Waals surface area (Å²) in [6, 6.07) is 6.15. The van der Waals surface area contributed by atoms with Gasteiger partial charge in [0.1, 0.15) is 11.6 Å². The number of amides is 1. The van der Waals surface area contributed by atoms with Crippen LogP contribution in [0.2, 0.25) is 0 Å². The molecule has 0 saturated carbocycles. The minimum Gasteiger partial charge on any atom is -0.356 e. The van der Waals surface area contributed by atoms with Crippen LogP contribution in [0.5, 0.6) is 0 Å². The van der Waals surface area contributed by atoms with E-state index in [4.69, 9.17) is 0 Å². The Kier molecular flexibility index (Phi) is 4.42. The van der Waals surface area contributed by atoms with Gasteiger partial charge in [-0.05, 0) is 38.3 Å². The molecule has 6 heteroatoms. The third kappa shape index (κ3) is 3.52. The van der Waals surface area contributed by atoms with Gasteiger partial charge in [-0.25, -0.2) is 9.97 Å². The Bertz CT molecular complexity index is 742. The lowest BCUT2D eigenvalue weighted by Crippen LogP contribution is -2.48. The number of aryl methyl sites for hydroxylation is 2. The van der Waals surface area contributed by atoms with Crippen LogP contribution in [0.15, 0.2) is 30.6 Å². The van der Waals surface area contributed by atoms with Gasteiger partial charge in [-0.15, -0.1) is 0 Å². The molecule has 4 heterocycles. The van der Waals surface area contributed by atoms with E-state index in [1.54, 1.807) is 0 Å². The van der Waals surface area contributed by atoms with Crippen LogP contribution in [0.3, 0.4) is 0 Å². The first-order valence-corrected chi connectivity index (χ1v) is 9.18. The van der Waals surface area contributed by atoms with Crippen molar-refractivity contribution in [3.8, 4) is 0 Å². The molecule has 1 saturated heterocycles. The van der Waals surface area contributed by atoms with Crippen molar-refractivity contribution >= 4 is 11.7 Å². The monoisotopic (exact) mass is 339 g/mol. The SMILES string of the molecule is Cc1cn2c(n1)CC[C@H](NC(=O)[C@H]1CCCN(c3ccccn3)C1)C2. The molecule has 2 aromatic rings. The summed E-state index contributed by atoms with van der Waals surface area (Å²) in [4.78, 5) is 24.0. The summed E-state index contributed by atoms with van der Waals surface area (Å²) in [6.45, 7) is 4.58. The second kappa shape index (κ2) is 6.86. The van der Waals surface area contributed by atoms with E-state index in [0.29, 0.717) is 0 Å². The van der Waals surface area contributed by atoms with Crippen molar-refractivity contribution in [2.75, 3.05) is 18.0 Å². The largest absolute Gasteiger partial charge is 0.356 e. The number of nitrogens with one attached hydrogen (secondary N) is 1. The average Bonchev–Trinajstić information content (AvgIpc) is 3.02. The number of nitrogens with zero attached hydrogens (tertiary/aromatic N) is 4. The van der Waals surface area contributed by atoms with Crippen LogP contribution in [0, 0.1) is 12.8 Å². The third-order valence-electron chi connectivity index (χ3n) is 5.22. The van der Waals surface area contributed by atoms with Crippen LogP contribution in [-0.4, -0.2) is 39.6 Å². The molecule has 0 bridgehead atoms. The second-order valence-electron chi connectivity index (χ2n) is 7.17. The Morgan fingerprint density at radius 2 is 2.20 bits per heavy atom. The van der Waals surface area contributed by atoms with Crippen molar-refractivity contribution in [2.45, 2.75) is 45.2 Å². The maximum atomic E-state index is 12.8. The zero-order valence-electron chi connectivity index (χ0n) is 14.7. The molecule has 2 aliphatic heterocycles. The minimum atomic E-state index is 0.0432. The lowest BCUT2D eigenvalue weighted by Gasteiger charge is -2.34. The standard InChI is InChI=1S/C19H25N5O/c1-14-11-24-13-16(7-8-18(24)21-14)22-19(25)15-5-4-10-23(12-15)17-6-2-3-9-20-17/h2-3,6,9,11,15-16H,4-5,7-8,10,12-13H2,1H3,(H,22,25)/t15-,16-/m0/s1. The first-order valence-electron chi connectivity index (χ1n) is 9.18. The summed E-state index contributed by atoms with van der Waals surface area (Å²) >= 11 is 0. The number of carbonyl (C=O) groups excluding carboxylic acids is 1. The van der Waals surface area contributed by atoms with Gasteiger partial charge < -0.3 is 14.8 Å². The fourth-order valence-electron chi connectivity index (χ4n) is 3.96. The number of hydrogen-bond acceptors (Lipinski definition) is 4. The van der Waals surface area contributed by atoms with Gasteiger partial charge >= 0.3 is 0 Å². The van der Waals surface area contributed by atoms with Crippen molar-refractivity contribution in [3.05, 3.63) is 42.1 Å². The Morgan fingerprint density at radius 1 is 1.28 bits per heavy atom. The molecule has 0 radical (unpaired) electrons. The van der Waals surface area contributed by atoms with E-state index in [2.05, 4.69) is 30.9 Å². The molecule has 2 atom stereocenters. The van der Waals surface area contributed by atoms with E-state index in [9.17, 15) is 4.79 Å². The zero-order valence-corrected chi connectivity index (χ0v) is 14.7. The topological polar surface area (TPSA) is 63.1 Å². The van der Waals surface area contributed by atoms with Crippen molar-refractivity contribution in [1.82, 2.24) is 19.9 Å². The number of aromatic nitrogens is 3. The zero-order chi connectivity index (χ0) is 17.2. The highest BCUT2D eigenvalue weighted by Gasteiger charge is 2.29. The number of fused-ring (bicyclic) bond motifs is 1. The molecule has 4 rings (SSSR count). The highest BCUT2D eigenvalue weighted by molar-refractivity contribution is 5.79. The van der Waals surface area contributed by atoms with Gasteiger partial charge in [0, 0.05) is 44.5 Å². The highest BCUT2D eigenvalue weighted by atomic mass is 16.2. The Balaban J connectivity index is 1.36. The molecule has 1 fully saturated rings. The average molecular weight is 339 g/mol. The normalized spacial score (nSPS) is 23.2. The summed E-state index contributed by atoms with van der Waals surface area (Å²) in [5.74, 6) is 2.34. The van der Waals surface area contributed by atoms with Crippen LogP contribution in [0.1, 0.15) is 30.8 Å². The van der Waals surface area contributed by atoms with Crippen molar-refractivity contribution in [2.24, 2.45) is 5.92 Å². The Hall–Kier alpha value is -2.37. The maximum absolute atomic E-state index is 12.8. The molecule has 25 heavy (non-hydrogen) atoms. The van der Waals surface area contributed by atoms with E-state index in [1.807, 2.05) is 31.3 Å².